The number of nitrogens with two attached hydrogens (primary N) is 1. The number of nitrogens with one attached hydrogen (secondary N) is 1. The van der Waals surface area contributed by atoms with Crippen LogP contribution in [0.15, 0.2) is 47.7 Å². The van der Waals surface area contributed by atoms with Gasteiger partial charge in [0.15, 0.2) is 0 Å². The number of fused-ring (bicyclic) bond motifs is 3. The highest BCUT2D eigenvalue weighted by atomic mass is 32.2. The molecule has 1 aliphatic heterocycles. The first-order chi connectivity index (χ1) is 14.3. The van der Waals surface area contributed by atoms with Crippen molar-refractivity contribution in [2.45, 2.75) is 30.6 Å². The molecular weight excluding hydrogens is 398 g/mol. The van der Waals surface area contributed by atoms with Crippen LogP contribution in [0, 0.1) is 0 Å². The first kappa shape index (κ1) is 19.0. The molecule has 0 amide bonds. The number of ether oxygens (including phenoxy) is 1. The largest absolute Gasteiger partial charge is 0.495 e. The Morgan fingerprint density at radius 3 is 2.80 bits per heavy atom. The number of amidine groups is 1. The Balaban J connectivity index is 1.51. The van der Waals surface area contributed by atoms with Crippen molar-refractivity contribution in [3.05, 3.63) is 53.9 Å². The molecule has 3 heterocycles. The maximum atomic E-state index is 12.8. The molecule has 1 spiro atoms. The third-order valence-electron chi connectivity index (χ3n) is 6.05. The van der Waals surface area contributed by atoms with Gasteiger partial charge in [0.1, 0.15) is 22.6 Å². The molecule has 2 atom stereocenters. The summed E-state index contributed by atoms with van der Waals surface area (Å²) in [6.07, 6.45) is 4.19. The zero-order valence-electron chi connectivity index (χ0n) is 17.1. The Labute approximate surface area is 177 Å². The molecule has 7 nitrogen and oxygen atoms in total. The number of methoxy groups -OCH3 is 1. The monoisotopic (exact) mass is 421 g/mol. The number of nitrogens with zero attached hydrogens (tertiary/aromatic N) is 3. The fourth-order valence-electron chi connectivity index (χ4n) is 4.06. The van der Waals surface area contributed by atoms with Crippen LogP contribution in [-0.4, -0.2) is 37.6 Å². The van der Waals surface area contributed by atoms with Crippen molar-refractivity contribution in [3.8, 4) is 5.75 Å². The topological polar surface area (TPSA) is 102 Å². The molecule has 3 aromatic rings. The quantitative estimate of drug-likeness (QED) is 0.674. The Hall–Kier alpha value is -3.00. The summed E-state index contributed by atoms with van der Waals surface area (Å²) in [5.41, 5.74) is 11.3. The summed E-state index contributed by atoms with van der Waals surface area (Å²) < 4.78 is 17.5. The molecule has 0 fully saturated rings. The van der Waals surface area contributed by atoms with E-state index < -0.39 is 21.1 Å². The first-order valence-electron chi connectivity index (χ1n) is 9.76. The second kappa shape index (κ2) is 6.50. The summed E-state index contributed by atoms with van der Waals surface area (Å²) in [5, 5.41) is 3.45. The number of hydrogen-bond donors (Lipinski definition) is 2. The van der Waals surface area contributed by atoms with Gasteiger partial charge < -0.3 is 15.8 Å². The van der Waals surface area contributed by atoms with Gasteiger partial charge in [-0.2, -0.15) is 0 Å². The Kier molecular flexibility index (Phi) is 4.12. The van der Waals surface area contributed by atoms with Gasteiger partial charge in [-0.3, -0.25) is 14.2 Å². The van der Waals surface area contributed by atoms with Crippen LogP contribution in [0.3, 0.4) is 0 Å². The van der Waals surface area contributed by atoms with Crippen molar-refractivity contribution in [1.82, 2.24) is 9.97 Å². The molecule has 2 aromatic heterocycles. The predicted octanol–water partition coefficient (Wildman–Crippen LogP) is 3.03. The van der Waals surface area contributed by atoms with E-state index in [1.54, 1.807) is 19.5 Å². The van der Waals surface area contributed by atoms with E-state index in [0.29, 0.717) is 17.3 Å². The van der Waals surface area contributed by atoms with Crippen LogP contribution < -0.4 is 15.8 Å². The molecule has 3 N–H and O–H groups in total. The molecule has 1 unspecified atom stereocenters. The summed E-state index contributed by atoms with van der Waals surface area (Å²) in [6.45, 7) is 3.78. The van der Waals surface area contributed by atoms with Gasteiger partial charge in [-0.05, 0) is 43.2 Å². The Morgan fingerprint density at radius 1 is 1.20 bits per heavy atom. The minimum absolute atomic E-state index is 0.467. The first-order valence-corrected chi connectivity index (χ1v) is 11.1. The van der Waals surface area contributed by atoms with Gasteiger partial charge in [0.05, 0.1) is 35.0 Å². The minimum Gasteiger partial charge on any atom is -0.495 e. The summed E-state index contributed by atoms with van der Waals surface area (Å²) in [7, 11) is 0.529. The molecule has 1 aromatic carbocycles. The van der Waals surface area contributed by atoms with Gasteiger partial charge in [0.25, 0.3) is 0 Å². The fourth-order valence-corrected chi connectivity index (χ4v) is 5.46. The lowest BCUT2D eigenvalue weighted by atomic mass is 9.71. The van der Waals surface area contributed by atoms with Gasteiger partial charge in [0, 0.05) is 35.2 Å². The lowest BCUT2D eigenvalue weighted by molar-refractivity contribution is 0.413. The molecule has 2 aliphatic rings. The third kappa shape index (κ3) is 2.78. The van der Waals surface area contributed by atoms with Crippen LogP contribution in [-0.2, 0) is 22.8 Å². The number of pyridine rings is 2. The van der Waals surface area contributed by atoms with E-state index in [1.807, 2.05) is 32.0 Å². The van der Waals surface area contributed by atoms with E-state index in [9.17, 15) is 4.21 Å². The second-order valence-corrected chi connectivity index (χ2v) is 10.3. The molecule has 154 valence electrons. The van der Waals surface area contributed by atoms with Crippen LogP contribution in [0.2, 0.25) is 0 Å². The Morgan fingerprint density at radius 2 is 2.03 bits per heavy atom. The highest BCUT2D eigenvalue weighted by Gasteiger charge is 2.51. The van der Waals surface area contributed by atoms with Crippen molar-refractivity contribution in [1.29, 1.82) is 0 Å². The van der Waals surface area contributed by atoms with Crippen molar-refractivity contribution in [3.63, 3.8) is 0 Å². The normalized spacial score (nSPS) is 24.1. The maximum absolute atomic E-state index is 12.8. The Bertz CT molecular complexity index is 1240. The average molecular weight is 422 g/mol. The van der Waals surface area contributed by atoms with Crippen molar-refractivity contribution in [2.75, 3.05) is 18.2 Å². The summed E-state index contributed by atoms with van der Waals surface area (Å²) in [6, 6.07) is 9.97. The molecule has 0 radical (unpaired) electrons. The number of anilines is 2. The maximum Gasteiger partial charge on any atom is 0.139 e. The molecule has 1 aliphatic carbocycles. The van der Waals surface area contributed by atoms with Crippen LogP contribution in [0.25, 0.3) is 11.0 Å². The van der Waals surface area contributed by atoms with E-state index in [4.69, 9.17) is 15.5 Å². The number of aromatic nitrogens is 2. The summed E-state index contributed by atoms with van der Waals surface area (Å²) in [5.74, 6) is 1.63. The standard InChI is InChI=1S/C22H23N5O2S/c1-21(2)20(23)27-22(12-30(21)28)10-13-4-5-14(8-16(13)22)26-17-6-7-24-18-9-15(29-3)11-25-19(17)18/h4-9,11H,10,12H2,1-3H3,(H2,23,27)(H,24,26)/t22-,30?/m0/s1. The zero-order chi connectivity index (χ0) is 21.1. The fraction of sp³-hybridized carbons (Fsp3) is 0.318. The van der Waals surface area contributed by atoms with Crippen LogP contribution in [0.1, 0.15) is 25.0 Å². The molecule has 0 saturated carbocycles. The van der Waals surface area contributed by atoms with E-state index in [-0.39, 0.29) is 0 Å². The lowest BCUT2D eigenvalue weighted by Gasteiger charge is -2.46. The van der Waals surface area contributed by atoms with E-state index in [2.05, 4.69) is 27.4 Å². The molecule has 0 saturated heterocycles. The van der Waals surface area contributed by atoms with Crippen molar-refractivity contribution < 1.29 is 8.95 Å². The van der Waals surface area contributed by atoms with E-state index >= 15 is 0 Å². The predicted molar refractivity (Wildman–Crippen MR) is 120 cm³/mol. The van der Waals surface area contributed by atoms with Crippen molar-refractivity contribution >= 4 is 39.0 Å². The van der Waals surface area contributed by atoms with Gasteiger partial charge in [-0.1, -0.05) is 6.07 Å². The number of aliphatic imine (C=N–C) groups is 1. The zero-order valence-corrected chi connectivity index (χ0v) is 17.9. The van der Waals surface area contributed by atoms with Gasteiger partial charge in [-0.15, -0.1) is 0 Å². The molecule has 0 bridgehead atoms. The number of benzene rings is 1. The van der Waals surface area contributed by atoms with E-state index in [1.165, 1.54) is 5.56 Å². The lowest BCUT2D eigenvalue weighted by Crippen LogP contribution is -2.56. The SMILES string of the molecule is COc1cnc2c(Nc3ccc4c(c3)[C@]3(C4)CS(=O)C(C)(C)C(N)=N3)ccnc2c1. The summed E-state index contributed by atoms with van der Waals surface area (Å²) in [4.78, 5) is 13.7. The summed E-state index contributed by atoms with van der Waals surface area (Å²) >= 11 is 0. The molecular formula is C22H23N5O2S. The van der Waals surface area contributed by atoms with E-state index in [0.717, 1.165) is 34.4 Å². The number of rotatable bonds is 3. The van der Waals surface area contributed by atoms with Crippen molar-refractivity contribution in [2.24, 2.45) is 10.7 Å². The van der Waals surface area contributed by atoms with Crippen LogP contribution in [0.4, 0.5) is 11.4 Å². The van der Waals surface area contributed by atoms with Gasteiger partial charge >= 0.3 is 0 Å². The second-order valence-electron chi connectivity index (χ2n) is 8.30. The molecule has 30 heavy (non-hydrogen) atoms. The smallest absolute Gasteiger partial charge is 0.139 e. The number of hydrogen-bond acceptors (Lipinski definition) is 7. The van der Waals surface area contributed by atoms with Gasteiger partial charge in [0.2, 0.25) is 0 Å². The highest BCUT2D eigenvalue weighted by molar-refractivity contribution is 7.87. The molecule has 8 heteroatoms. The molecule has 5 rings (SSSR count). The minimum atomic E-state index is -1.08. The van der Waals surface area contributed by atoms with Crippen LogP contribution >= 0.6 is 0 Å². The van der Waals surface area contributed by atoms with Gasteiger partial charge in [-0.25, -0.2) is 4.98 Å². The third-order valence-corrected chi connectivity index (χ3v) is 8.14. The highest BCUT2D eigenvalue weighted by Crippen LogP contribution is 2.47. The van der Waals surface area contributed by atoms with Crippen LogP contribution in [0.5, 0.6) is 5.75 Å². The average Bonchev–Trinajstić information content (AvgIpc) is 2.72.